The van der Waals surface area contributed by atoms with E-state index >= 15 is 0 Å². The van der Waals surface area contributed by atoms with Crippen molar-refractivity contribution in [3.05, 3.63) is 188 Å². The monoisotopic (exact) mass is 722 g/mol. The first kappa shape index (κ1) is 31.5. The molecule has 6 heteroatoms. The Morgan fingerprint density at radius 2 is 1.20 bits per heavy atom. The van der Waals surface area contributed by atoms with Gasteiger partial charge in [0.1, 0.15) is 22.6 Å². The van der Waals surface area contributed by atoms with Gasteiger partial charge < -0.3 is 8.98 Å². The summed E-state index contributed by atoms with van der Waals surface area (Å²) < 4.78 is 11.1. The highest BCUT2D eigenvalue weighted by molar-refractivity contribution is 7.20. The van der Waals surface area contributed by atoms with E-state index in [1.54, 1.807) is 0 Å². The Bertz CT molecular complexity index is 3190. The third-order valence-corrected chi connectivity index (χ3v) is 16.1. The van der Waals surface area contributed by atoms with Crippen molar-refractivity contribution in [3.63, 3.8) is 0 Å². The van der Waals surface area contributed by atoms with Crippen LogP contribution in [-0.4, -0.2) is 27.2 Å². The minimum Gasteiger partial charge on any atom is -0.455 e. The number of benzene rings is 7. The van der Waals surface area contributed by atoms with Gasteiger partial charge in [0.05, 0.1) is 21.9 Å². The number of para-hydroxylation sites is 3. The Morgan fingerprint density at radius 3 is 2.00 bits per heavy atom. The number of imidazole rings is 1. The average Bonchev–Trinajstić information content (AvgIpc) is 3.91. The van der Waals surface area contributed by atoms with Gasteiger partial charge in [-0.1, -0.05) is 127 Å². The van der Waals surface area contributed by atoms with Crippen molar-refractivity contribution in [2.75, 3.05) is 0 Å². The molecule has 4 aromatic heterocycles. The summed E-state index contributed by atoms with van der Waals surface area (Å²) in [5.41, 5.74) is 8.00. The molecule has 7 aromatic carbocycles. The predicted molar refractivity (Wildman–Crippen MR) is 229 cm³/mol. The molecule has 0 atom stereocenters. The lowest BCUT2D eigenvalue weighted by Crippen LogP contribution is -2.74. The van der Waals surface area contributed by atoms with E-state index in [9.17, 15) is 0 Å². The topological polar surface area (TPSA) is 48.8 Å². The summed E-state index contributed by atoms with van der Waals surface area (Å²) in [6.07, 6.45) is 1.89. The first-order valence-corrected chi connectivity index (χ1v) is 20.6. The molecular formula is C49H34N4OSi. The maximum atomic E-state index is 6.61. The number of hydrogen-bond donors (Lipinski definition) is 0. The average molecular weight is 723 g/mol. The maximum Gasteiger partial charge on any atom is 0.179 e. The van der Waals surface area contributed by atoms with Gasteiger partial charge in [0.25, 0.3) is 0 Å². The molecule has 5 nitrogen and oxygen atoms in total. The van der Waals surface area contributed by atoms with Gasteiger partial charge in [-0.15, -0.1) is 0 Å². The molecule has 0 N–H and O–H groups in total. The summed E-state index contributed by atoms with van der Waals surface area (Å²) in [5.74, 6) is 0.953. The summed E-state index contributed by atoms with van der Waals surface area (Å²) >= 11 is 0. The van der Waals surface area contributed by atoms with Crippen molar-refractivity contribution >= 4 is 83.7 Å². The number of aromatic nitrogens is 4. The van der Waals surface area contributed by atoms with E-state index in [0.29, 0.717) is 0 Å². The maximum absolute atomic E-state index is 6.61. The van der Waals surface area contributed by atoms with Crippen molar-refractivity contribution in [1.82, 2.24) is 19.1 Å². The Kier molecular flexibility index (Phi) is 7.02. The van der Waals surface area contributed by atoms with Gasteiger partial charge in [0.2, 0.25) is 0 Å². The standard InChI is InChI=1S/C49H34N4OSi/c1-52-43-26-10-9-25-42(43)51-48(52)33-15-12-21-37(31-33)55(35-17-4-2-5-18-35,36-19-6-3-7-20-36)38-22-13-16-34(32-38)53-44-29-28-40-39-23-8-11-27-45(39)54-47(40)46(44)41-24-14-30-50-49(41)53/h2-32H,1H3. The highest BCUT2D eigenvalue weighted by Crippen LogP contribution is 2.39. The quantitative estimate of drug-likeness (QED) is 0.127. The minimum atomic E-state index is -2.95. The van der Waals surface area contributed by atoms with E-state index < -0.39 is 8.07 Å². The number of fused-ring (bicyclic) bond motifs is 8. The summed E-state index contributed by atoms with van der Waals surface area (Å²) in [6, 6.07) is 65.7. The molecule has 0 fully saturated rings. The summed E-state index contributed by atoms with van der Waals surface area (Å²) in [6.45, 7) is 0. The lowest BCUT2D eigenvalue weighted by Gasteiger charge is -2.35. The molecule has 0 bridgehead atoms. The fourth-order valence-electron chi connectivity index (χ4n) is 8.92. The van der Waals surface area contributed by atoms with Crippen molar-refractivity contribution < 1.29 is 4.42 Å². The Labute approximate surface area is 318 Å². The van der Waals surface area contributed by atoms with Crippen LogP contribution >= 0.6 is 0 Å². The molecule has 0 aliphatic rings. The van der Waals surface area contributed by atoms with Gasteiger partial charge in [-0.05, 0) is 75.3 Å². The SMILES string of the molecule is Cn1c(-c2cccc([Si](c3ccccc3)(c3ccccc3)c3cccc(-n4c5ccc6c7ccccc7oc6c5c5cccnc54)c3)c2)nc2ccccc21. The van der Waals surface area contributed by atoms with Crippen LogP contribution in [0.15, 0.2) is 193 Å². The van der Waals surface area contributed by atoms with Crippen molar-refractivity contribution in [1.29, 1.82) is 0 Å². The molecule has 0 amide bonds. The molecule has 0 aliphatic heterocycles. The zero-order valence-electron chi connectivity index (χ0n) is 30.1. The third-order valence-electron chi connectivity index (χ3n) is 11.3. The molecule has 4 heterocycles. The summed E-state index contributed by atoms with van der Waals surface area (Å²) in [4.78, 5) is 10.1. The van der Waals surface area contributed by atoms with Crippen LogP contribution in [0.2, 0.25) is 0 Å². The Morgan fingerprint density at radius 1 is 0.527 bits per heavy atom. The zero-order chi connectivity index (χ0) is 36.5. The zero-order valence-corrected chi connectivity index (χ0v) is 31.1. The molecule has 11 aromatic rings. The van der Waals surface area contributed by atoms with E-state index in [-0.39, 0.29) is 0 Å². The van der Waals surface area contributed by atoms with E-state index in [1.807, 2.05) is 24.4 Å². The highest BCUT2D eigenvalue weighted by atomic mass is 28.3. The molecular weight excluding hydrogens is 689 g/mol. The number of pyridine rings is 1. The fourth-order valence-corrected chi connectivity index (χ4v) is 13.7. The van der Waals surface area contributed by atoms with Gasteiger partial charge in [0, 0.05) is 40.7 Å². The van der Waals surface area contributed by atoms with Gasteiger partial charge in [-0.25, -0.2) is 9.97 Å². The molecule has 55 heavy (non-hydrogen) atoms. The van der Waals surface area contributed by atoms with Crippen LogP contribution in [-0.2, 0) is 7.05 Å². The lowest BCUT2D eigenvalue weighted by molar-refractivity contribution is 0.673. The van der Waals surface area contributed by atoms with Crippen molar-refractivity contribution in [2.45, 2.75) is 0 Å². The molecule has 11 rings (SSSR count). The fraction of sp³-hybridized carbons (Fsp3) is 0.0204. The second-order valence-electron chi connectivity index (χ2n) is 14.2. The lowest BCUT2D eigenvalue weighted by atomic mass is 10.1. The van der Waals surface area contributed by atoms with Gasteiger partial charge >= 0.3 is 0 Å². The van der Waals surface area contributed by atoms with Crippen LogP contribution in [0.5, 0.6) is 0 Å². The molecule has 0 unspecified atom stereocenters. The Balaban J connectivity index is 1.20. The van der Waals surface area contributed by atoms with Crippen molar-refractivity contribution in [2.24, 2.45) is 7.05 Å². The third kappa shape index (κ3) is 4.65. The van der Waals surface area contributed by atoms with Crippen LogP contribution in [0, 0.1) is 0 Å². The Hall–Kier alpha value is -7.02. The molecule has 0 radical (unpaired) electrons. The molecule has 0 saturated heterocycles. The number of rotatable bonds is 6. The van der Waals surface area contributed by atoms with Gasteiger partial charge in [-0.2, -0.15) is 0 Å². The molecule has 0 spiro atoms. The number of nitrogens with zero attached hydrogens (tertiary/aromatic N) is 4. The van der Waals surface area contributed by atoms with Crippen LogP contribution in [0.25, 0.3) is 72.0 Å². The second kappa shape index (κ2) is 12.3. The van der Waals surface area contributed by atoms with E-state index in [4.69, 9.17) is 14.4 Å². The molecule has 260 valence electrons. The van der Waals surface area contributed by atoms with Crippen LogP contribution in [0.3, 0.4) is 0 Å². The highest BCUT2D eigenvalue weighted by Gasteiger charge is 2.42. The minimum absolute atomic E-state index is 0.888. The van der Waals surface area contributed by atoms with Crippen LogP contribution < -0.4 is 20.7 Å². The summed E-state index contributed by atoms with van der Waals surface area (Å²) in [7, 11) is -0.845. The smallest absolute Gasteiger partial charge is 0.179 e. The number of hydrogen-bond acceptors (Lipinski definition) is 3. The second-order valence-corrected chi connectivity index (χ2v) is 18.1. The molecule has 0 saturated carbocycles. The largest absolute Gasteiger partial charge is 0.455 e. The van der Waals surface area contributed by atoms with Gasteiger partial charge in [0.15, 0.2) is 8.07 Å². The summed E-state index contributed by atoms with van der Waals surface area (Å²) in [5, 5.41) is 9.56. The van der Waals surface area contributed by atoms with E-state index in [1.165, 1.54) is 20.7 Å². The normalized spacial score (nSPS) is 12.1. The van der Waals surface area contributed by atoms with Crippen LogP contribution in [0.1, 0.15) is 0 Å². The van der Waals surface area contributed by atoms with E-state index in [0.717, 1.165) is 72.0 Å². The number of furan rings is 1. The number of aryl methyl sites for hydroxylation is 1. The van der Waals surface area contributed by atoms with E-state index in [2.05, 4.69) is 180 Å². The first-order chi connectivity index (χ1) is 27.2. The molecule has 0 aliphatic carbocycles. The van der Waals surface area contributed by atoms with Crippen molar-refractivity contribution in [3.8, 4) is 17.1 Å². The van der Waals surface area contributed by atoms with Gasteiger partial charge in [-0.3, -0.25) is 4.57 Å². The first-order valence-electron chi connectivity index (χ1n) is 18.6. The van der Waals surface area contributed by atoms with Crippen LogP contribution in [0.4, 0.5) is 0 Å². The predicted octanol–water partition coefficient (Wildman–Crippen LogP) is 9.01.